The van der Waals surface area contributed by atoms with E-state index in [9.17, 15) is 4.79 Å². The van der Waals surface area contributed by atoms with E-state index >= 15 is 0 Å². The zero-order valence-electron chi connectivity index (χ0n) is 7.32. The highest BCUT2D eigenvalue weighted by Gasteiger charge is 2.02. The van der Waals surface area contributed by atoms with Crippen molar-refractivity contribution in [1.82, 2.24) is 0 Å². The number of carbonyl (C=O) groups is 1. The zero-order chi connectivity index (χ0) is 9.40. The van der Waals surface area contributed by atoms with Gasteiger partial charge in [0.05, 0.1) is 12.7 Å². The molecule has 0 amide bonds. The standard InChI is InChI=1S/C8H16O4/c1-7(10)12-6-2-3-8(11)4-5-9/h8-9,11H,2-6H2,1H3. The molecule has 4 nitrogen and oxygen atoms in total. The minimum Gasteiger partial charge on any atom is -0.466 e. The lowest BCUT2D eigenvalue weighted by Crippen LogP contribution is -2.10. The summed E-state index contributed by atoms with van der Waals surface area (Å²) in [5, 5.41) is 17.5. The van der Waals surface area contributed by atoms with E-state index in [-0.39, 0.29) is 12.6 Å². The first-order chi connectivity index (χ1) is 5.66. The highest BCUT2D eigenvalue weighted by molar-refractivity contribution is 5.65. The Bertz CT molecular complexity index is 124. The summed E-state index contributed by atoms with van der Waals surface area (Å²) in [5.74, 6) is -0.299. The lowest BCUT2D eigenvalue weighted by atomic mass is 10.1. The average molecular weight is 176 g/mol. The van der Waals surface area contributed by atoms with E-state index in [1.165, 1.54) is 6.92 Å². The van der Waals surface area contributed by atoms with Gasteiger partial charge < -0.3 is 14.9 Å². The van der Waals surface area contributed by atoms with E-state index in [1.54, 1.807) is 0 Å². The molecule has 0 aliphatic carbocycles. The molecule has 0 fully saturated rings. The Labute approximate surface area is 72.2 Å². The van der Waals surface area contributed by atoms with E-state index in [4.69, 9.17) is 10.2 Å². The van der Waals surface area contributed by atoms with E-state index in [2.05, 4.69) is 4.74 Å². The summed E-state index contributed by atoms with van der Waals surface area (Å²) < 4.78 is 4.66. The largest absolute Gasteiger partial charge is 0.466 e. The molecule has 0 rings (SSSR count). The maximum Gasteiger partial charge on any atom is 0.302 e. The van der Waals surface area contributed by atoms with Gasteiger partial charge in [-0.3, -0.25) is 4.79 Å². The van der Waals surface area contributed by atoms with Crippen molar-refractivity contribution in [2.75, 3.05) is 13.2 Å². The van der Waals surface area contributed by atoms with Gasteiger partial charge in [0.15, 0.2) is 0 Å². The maximum atomic E-state index is 10.3. The quantitative estimate of drug-likeness (QED) is 0.444. The molecule has 0 spiro atoms. The Morgan fingerprint density at radius 3 is 2.67 bits per heavy atom. The topological polar surface area (TPSA) is 66.8 Å². The lowest BCUT2D eigenvalue weighted by molar-refractivity contribution is -0.141. The van der Waals surface area contributed by atoms with Crippen LogP contribution in [0.15, 0.2) is 0 Å². The number of ether oxygens (including phenoxy) is 1. The van der Waals surface area contributed by atoms with Crippen molar-refractivity contribution in [3.8, 4) is 0 Å². The van der Waals surface area contributed by atoms with E-state index < -0.39 is 6.10 Å². The summed E-state index contributed by atoms with van der Waals surface area (Å²) in [7, 11) is 0. The fourth-order valence-corrected chi connectivity index (χ4v) is 0.828. The summed E-state index contributed by atoms with van der Waals surface area (Å²) in [6.07, 6.45) is 1.11. The van der Waals surface area contributed by atoms with Crippen LogP contribution in [0.5, 0.6) is 0 Å². The van der Waals surface area contributed by atoms with Gasteiger partial charge in [-0.05, 0) is 19.3 Å². The molecule has 0 aliphatic heterocycles. The summed E-state index contributed by atoms with van der Waals surface area (Å²) in [6, 6.07) is 0. The van der Waals surface area contributed by atoms with Gasteiger partial charge >= 0.3 is 5.97 Å². The Hall–Kier alpha value is -0.610. The highest BCUT2D eigenvalue weighted by atomic mass is 16.5. The number of rotatable bonds is 6. The molecule has 0 radical (unpaired) electrons. The summed E-state index contributed by atoms with van der Waals surface area (Å²) in [4.78, 5) is 10.3. The van der Waals surface area contributed by atoms with Crippen molar-refractivity contribution in [2.45, 2.75) is 32.3 Å². The number of aliphatic hydroxyl groups is 2. The van der Waals surface area contributed by atoms with Crippen molar-refractivity contribution in [3.63, 3.8) is 0 Å². The molecule has 4 heteroatoms. The molecule has 0 aliphatic rings. The summed E-state index contributed by atoms with van der Waals surface area (Å²) in [6.45, 7) is 1.69. The number of esters is 1. The molecule has 12 heavy (non-hydrogen) atoms. The molecule has 0 aromatic heterocycles. The minimum atomic E-state index is -0.481. The van der Waals surface area contributed by atoms with Crippen LogP contribution in [-0.2, 0) is 9.53 Å². The lowest BCUT2D eigenvalue weighted by Gasteiger charge is -2.07. The second kappa shape index (κ2) is 7.06. The first kappa shape index (κ1) is 11.4. The molecular weight excluding hydrogens is 160 g/mol. The van der Waals surface area contributed by atoms with Crippen LogP contribution in [0.4, 0.5) is 0 Å². The van der Waals surface area contributed by atoms with Crippen molar-refractivity contribution >= 4 is 5.97 Å². The number of aliphatic hydroxyl groups excluding tert-OH is 2. The SMILES string of the molecule is CC(=O)OCCCC(O)CCO. The first-order valence-electron chi connectivity index (χ1n) is 4.09. The predicted molar refractivity (Wildman–Crippen MR) is 43.6 cm³/mol. The smallest absolute Gasteiger partial charge is 0.302 e. The van der Waals surface area contributed by atoms with E-state index in [0.717, 1.165) is 0 Å². The predicted octanol–water partition coefficient (Wildman–Crippen LogP) is 0.0730. The van der Waals surface area contributed by atoms with Gasteiger partial charge in [0.2, 0.25) is 0 Å². The molecule has 1 unspecified atom stereocenters. The van der Waals surface area contributed by atoms with Crippen LogP contribution in [0.25, 0.3) is 0 Å². The molecule has 0 heterocycles. The third kappa shape index (κ3) is 7.50. The number of hydrogen-bond donors (Lipinski definition) is 2. The Morgan fingerprint density at radius 2 is 2.17 bits per heavy atom. The summed E-state index contributed by atoms with van der Waals surface area (Å²) >= 11 is 0. The van der Waals surface area contributed by atoms with Crippen molar-refractivity contribution in [3.05, 3.63) is 0 Å². The fraction of sp³-hybridized carbons (Fsp3) is 0.875. The van der Waals surface area contributed by atoms with Crippen LogP contribution in [0.2, 0.25) is 0 Å². The molecule has 0 bridgehead atoms. The monoisotopic (exact) mass is 176 g/mol. The van der Waals surface area contributed by atoms with Crippen molar-refractivity contribution in [2.24, 2.45) is 0 Å². The normalized spacial score (nSPS) is 12.6. The summed E-state index contributed by atoms with van der Waals surface area (Å²) in [5.41, 5.74) is 0. The molecule has 0 saturated heterocycles. The van der Waals surface area contributed by atoms with Crippen LogP contribution >= 0.6 is 0 Å². The zero-order valence-corrected chi connectivity index (χ0v) is 7.32. The van der Waals surface area contributed by atoms with E-state index in [0.29, 0.717) is 25.9 Å². The number of hydrogen-bond acceptors (Lipinski definition) is 4. The first-order valence-corrected chi connectivity index (χ1v) is 4.09. The van der Waals surface area contributed by atoms with Crippen molar-refractivity contribution < 1.29 is 19.7 Å². The van der Waals surface area contributed by atoms with Gasteiger partial charge in [-0.15, -0.1) is 0 Å². The molecular formula is C8H16O4. The highest BCUT2D eigenvalue weighted by Crippen LogP contribution is 2.00. The maximum absolute atomic E-state index is 10.3. The fourth-order valence-electron chi connectivity index (χ4n) is 0.828. The number of carbonyl (C=O) groups excluding carboxylic acids is 1. The van der Waals surface area contributed by atoms with Crippen LogP contribution in [0, 0.1) is 0 Å². The van der Waals surface area contributed by atoms with Gasteiger partial charge in [0.25, 0.3) is 0 Å². The Balaban J connectivity index is 3.13. The Morgan fingerprint density at radius 1 is 1.50 bits per heavy atom. The van der Waals surface area contributed by atoms with Crippen LogP contribution in [-0.4, -0.2) is 35.5 Å². The average Bonchev–Trinajstić information content (AvgIpc) is 1.98. The molecule has 1 atom stereocenters. The van der Waals surface area contributed by atoms with Gasteiger partial charge in [0, 0.05) is 13.5 Å². The third-order valence-corrected chi connectivity index (χ3v) is 1.45. The molecule has 0 saturated carbocycles. The van der Waals surface area contributed by atoms with Gasteiger partial charge in [-0.2, -0.15) is 0 Å². The van der Waals surface area contributed by atoms with Crippen molar-refractivity contribution in [1.29, 1.82) is 0 Å². The molecule has 0 aromatic rings. The van der Waals surface area contributed by atoms with Crippen LogP contribution < -0.4 is 0 Å². The second-order valence-electron chi connectivity index (χ2n) is 2.65. The Kier molecular flexibility index (Phi) is 6.70. The molecule has 72 valence electrons. The second-order valence-corrected chi connectivity index (χ2v) is 2.65. The van der Waals surface area contributed by atoms with Gasteiger partial charge in [-0.1, -0.05) is 0 Å². The molecule has 2 N–H and O–H groups in total. The van der Waals surface area contributed by atoms with Crippen LogP contribution in [0.1, 0.15) is 26.2 Å². The van der Waals surface area contributed by atoms with E-state index in [1.807, 2.05) is 0 Å². The van der Waals surface area contributed by atoms with Gasteiger partial charge in [0.1, 0.15) is 0 Å². The van der Waals surface area contributed by atoms with Gasteiger partial charge in [-0.25, -0.2) is 0 Å². The van der Waals surface area contributed by atoms with Crippen LogP contribution in [0.3, 0.4) is 0 Å². The third-order valence-electron chi connectivity index (χ3n) is 1.45. The minimum absolute atomic E-state index is 0.00523. The molecule has 0 aromatic carbocycles.